The number of aliphatic hydroxyl groups is 3. The number of halogens is 1. The molecule has 0 amide bonds. The third-order valence-corrected chi connectivity index (χ3v) is 8.89. The Morgan fingerprint density at radius 2 is 1.81 bits per heavy atom. The van der Waals surface area contributed by atoms with E-state index in [2.05, 4.69) is 9.62 Å². The zero-order chi connectivity index (χ0) is 25.5. The summed E-state index contributed by atoms with van der Waals surface area (Å²) in [6.45, 7) is 1.40. The number of nitrogens with zero attached hydrogens (tertiary/aromatic N) is 1. The van der Waals surface area contributed by atoms with Crippen LogP contribution in [0.5, 0.6) is 5.75 Å². The van der Waals surface area contributed by atoms with Crippen LogP contribution in [-0.2, 0) is 10.0 Å². The highest BCUT2D eigenvalue weighted by Crippen LogP contribution is 2.42. The first kappa shape index (κ1) is 25.6. The fraction of sp³-hybridized carbons (Fsp3) is 0.538. The lowest BCUT2D eigenvalue weighted by molar-refractivity contribution is 0.0438. The number of nitrogens with one attached hydrogen (secondary N) is 1. The van der Waals surface area contributed by atoms with Crippen molar-refractivity contribution in [2.45, 2.75) is 48.9 Å². The molecule has 1 aliphatic heterocycles. The number of sulfonamides is 1. The topological polar surface area (TPSA) is 119 Å². The monoisotopic (exact) mass is 520 g/mol. The van der Waals surface area contributed by atoms with Crippen LogP contribution in [0.3, 0.4) is 0 Å². The first-order valence-electron chi connectivity index (χ1n) is 12.4. The molecule has 196 valence electrons. The number of β-amino-alcohol motifs (C(OH)–C–C–N with tert-alkyl or cyclic N) is 1. The van der Waals surface area contributed by atoms with Crippen molar-refractivity contribution in [3.05, 3.63) is 48.3 Å². The van der Waals surface area contributed by atoms with Crippen LogP contribution in [0.15, 0.2) is 47.4 Å². The summed E-state index contributed by atoms with van der Waals surface area (Å²) >= 11 is 0. The molecule has 2 saturated carbocycles. The Morgan fingerprint density at radius 1 is 1.08 bits per heavy atom. The molecule has 10 heteroatoms. The fourth-order valence-electron chi connectivity index (χ4n) is 5.46. The van der Waals surface area contributed by atoms with Gasteiger partial charge in [0.15, 0.2) is 0 Å². The molecule has 2 fully saturated rings. The lowest BCUT2D eigenvalue weighted by Crippen LogP contribution is -2.47. The molecule has 3 aliphatic rings. The van der Waals surface area contributed by atoms with Crippen LogP contribution in [0.25, 0.3) is 11.1 Å². The molecule has 2 aromatic carbocycles. The standard InChI is InChI=1S/C26H33FN2O6S/c27-21-4-2-1-3-20(21)18-7-8-25-24(9-18)35-16-26(10-22(31)23(32)11-26)15-29(13-17-5-6-17)14-19(30)12-28-36(25,33)34/h1-4,7-9,17,19,22-23,28,30-32H,5-6,10-16H2/t19-,22-,23+,26?/m0/s1. The quantitative estimate of drug-likeness (QED) is 0.487. The van der Waals surface area contributed by atoms with Crippen molar-refractivity contribution < 1.29 is 32.9 Å². The smallest absolute Gasteiger partial charge is 0.244 e. The van der Waals surface area contributed by atoms with Crippen molar-refractivity contribution in [3.63, 3.8) is 0 Å². The largest absolute Gasteiger partial charge is 0.492 e. The molecule has 4 N–H and O–H groups in total. The van der Waals surface area contributed by atoms with Crippen molar-refractivity contribution >= 4 is 10.0 Å². The van der Waals surface area contributed by atoms with Gasteiger partial charge in [0.1, 0.15) is 16.5 Å². The zero-order valence-electron chi connectivity index (χ0n) is 20.0. The highest BCUT2D eigenvalue weighted by molar-refractivity contribution is 7.89. The minimum Gasteiger partial charge on any atom is -0.492 e. The molecule has 8 nitrogen and oxygen atoms in total. The lowest BCUT2D eigenvalue weighted by atomic mass is 9.85. The first-order valence-corrected chi connectivity index (χ1v) is 13.9. The molecule has 4 atom stereocenters. The van der Waals surface area contributed by atoms with E-state index < -0.39 is 39.6 Å². The van der Waals surface area contributed by atoms with E-state index in [0.717, 1.165) is 19.4 Å². The van der Waals surface area contributed by atoms with Crippen LogP contribution < -0.4 is 9.46 Å². The van der Waals surface area contributed by atoms with Crippen LogP contribution in [0.1, 0.15) is 25.7 Å². The summed E-state index contributed by atoms with van der Waals surface area (Å²) in [5.74, 6) is 0.145. The highest BCUT2D eigenvalue weighted by Gasteiger charge is 2.46. The van der Waals surface area contributed by atoms with Gasteiger partial charge >= 0.3 is 0 Å². The Bertz CT molecular complexity index is 1190. The molecule has 0 saturated heterocycles. The molecule has 2 aliphatic carbocycles. The summed E-state index contributed by atoms with van der Waals surface area (Å²) in [7, 11) is -4.04. The molecule has 0 bridgehead atoms. The maximum atomic E-state index is 14.5. The Balaban J connectivity index is 1.54. The van der Waals surface area contributed by atoms with Crippen LogP contribution in [0.4, 0.5) is 4.39 Å². The average Bonchev–Trinajstić information content (AvgIpc) is 3.60. The van der Waals surface area contributed by atoms with E-state index in [0.29, 0.717) is 36.4 Å². The van der Waals surface area contributed by atoms with Gasteiger partial charge in [0.05, 0.1) is 24.9 Å². The SMILES string of the molecule is O=S1(=O)NC[C@H](O)CN(CC2CC2)CC2(COc3cc(-c4ccccc4F)ccc31)C[C@@H](O)[C@@H](O)C2. The number of aliphatic hydroxyl groups excluding tert-OH is 3. The molecule has 36 heavy (non-hydrogen) atoms. The van der Waals surface area contributed by atoms with Gasteiger partial charge in [0, 0.05) is 37.2 Å². The summed E-state index contributed by atoms with van der Waals surface area (Å²) in [6, 6.07) is 10.6. The number of hydrogen-bond acceptors (Lipinski definition) is 7. The Morgan fingerprint density at radius 3 is 2.50 bits per heavy atom. The molecule has 0 aromatic heterocycles. The van der Waals surface area contributed by atoms with E-state index >= 15 is 0 Å². The average molecular weight is 521 g/mol. The van der Waals surface area contributed by atoms with Gasteiger partial charge in [-0.1, -0.05) is 24.3 Å². The summed E-state index contributed by atoms with van der Waals surface area (Å²) in [5.41, 5.74) is 0.132. The van der Waals surface area contributed by atoms with Gasteiger partial charge in [-0.25, -0.2) is 17.5 Å². The number of fused-ring (bicyclic) bond motifs is 1. The third kappa shape index (κ3) is 5.58. The van der Waals surface area contributed by atoms with Gasteiger partial charge < -0.3 is 20.1 Å². The van der Waals surface area contributed by atoms with Crippen molar-refractivity contribution in [1.29, 1.82) is 0 Å². The zero-order valence-corrected chi connectivity index (χ0v) is 20.8. The van der Waals surface area contributed by atoms with Gasteiger partial charge in [0.25, 0.3) is 0 Å². The number of ether oxygens (including phenoxy) is 1. The van der Waals surface area contributed by atoms with E-state index in [1.165, 1.54) is 24.3 Å². The third-order valence-electron chi connectivity index (χ3n) is 7.43. The van der Waals surface area contributed by atoms with Crippen molar-refractivity contribution in [3.8, 4) is 16.9 Å². The van der Waals surface area contributed by atoms with Gasteiger partial charge in [-0.2, -0.15) is 0 Å². The number of hydrogen-bond donors (Lipinski definition) is 4. The minimum atomic E-state index is -4.04. The summed E-state index contributed by atoms with van der Waals surface area (Å²) < 4.78 is 49.5. The fourth-order valence-corrected chi connectivity index (χ4v) is 6.66. The molecule has 0 radical (unpaired) electrons. The minimum absolute atomic E-state index is 0.0572. The van der Waals surface area contributed by atoms with E-state index in [9.17, 15) is 28.1 Å². The molecule has 1 spiro atoms. The van der Waals surface area contributed by atoms with Gasteiger partial charge in [0.2, 0.25) is 10.0 Å². The van der Waals surface area contributed by atoms with Crippen LogP contribution in [-0.4, -0.2) is 79.7 Å². The van der Waals surface area contributed by atoms with Crippen LogP contribution in [0, 0.1) is 17.2 Å². The molecule has 2 aromatic rings. The van der Waals surface area contributed by atoms with E-state index in [1.54, 1.807) is 18.2 Å². The number of rotatable bonds is 3. The Kier molecular flexibility index (Phi) is 7.10. The Hall–Kier alpha value is -2.08. The van der Waals surface area contributed by atoms with E-state index in [4.69, 9.17) is 4.74 Å². The molecular weight excluding hydrogens is 487 g/mol. The summed E-state index contributed by atoms with van der Waals surface area (Å²) in [6.07, 6.45) is 0.0404. The van der Waals surface area contributed by atoms with E-state index in [1.807, 2.05) is 0 Å². The second-order valence-electron chi connectivity index (χ2n) is 10.6. The maximum Gasteiger partial charge on any atom is 0.244 e. The van der Waals surface area contributed by atoms with E-state index in [-0.39, 0.29) is 30.3 Å². The van der Waals surface area contributed by atoms with Gasteiger partial charge in [-0.3, -0.25) is 4.90 Å². The highest BCUT2D eigenvalue weighted by atomic mass is 32.2. The normalized spacial score (nSPS) is 31.3. The Labute approximate surface area is 210 Å². The van der Waals surface area contributed by atoms with Crippen molar-refractivity contribution in [2.75, 3.05) is 32.8 Å². The lowest BCUT2D eigenvalue weighted by Gasteiger charge is -2.37. The van der Waals surface area contributed by atoms with Crippen LogP contribution >= 0.6 is 0 Å². The first-order chi connectivity index (χ1) is 17.1. The van der Waals surface area contributed by atoms with Gasteiger partial charge in [-0.05, 0) is 55.4 Å². The predicted molar refractivity (Wildman–Crippen MR) is 131 cm³/mol. The predicted octanol–water partition coefficient (Wildman–Crippen LogP) is 1.74. The summed E-state index contributed by atoms with van der Waals surface area (Å²) in [5, 5.41) is 31.5. The second-order valence-corrected chi connectivity index (χ2v) is 12.4. The number of benzene rings is 2. The molecule has 1 heterocycles. The second kappa shape index (κ2) is 10.00. The maximum absolute atomic E-state index is 14.5. The van der Waals surface area contributed by atoms with Crippen molar-refractivity contribution in [1.82, 2.24) is 9.62 Å². The molecule has 5 rings (SSSR count). The molecular formula is C26H33FN2O6S. The summed E-state index contributed by atoms with van der Waals surface area (Å²) in [4.78, 5) is 1.99. The van der Waals surface area contributed by atoms with Crippen LogP contribution in [0.2, 0.25) is 0 Å². The molecule has 1 unspecified atom stereocenters. The van der Waals surface area contributed by atoms with Crippen molar-refractivity contribution in [2.24, 2.45) is 11.3 Å². The van der Waals surface area contributed by atoms with Gasteiger partial charge in [-0.15, -0.1) is 0 Å².